The van der Waals surface area contributed by atoms with Crippen molar-refractivity contribution in [3.8, 4) is 11.5 Å². The van der Waals surface area contributed by atoms with Gasteiger partial charge in [0.1, 0.15) is 0 Å². The van der Waals surface area contributed by atoms with E-state index in [1.165, 1.54) is 0 Å². The van der Waals surface area contributed by atoms with Crippen LogP contribution in [0.2, 0.25) is 5.02 Å². The van der Waals surface area contributed by atoms with E-state index in [1.54, 1.807) is 11.6 Å². The maximum absolute atomic E-state index is 11.8. The Morgan fingerprint density at radius 2 is 1.95 bits per heavy atom. The van der Waals surface area contributed by atoms with Gasteiger partial charge in [-0.05, 0) is 31.0 Å². The Labute approximate surface area is 118 Å². The van der Waals surface area contributed by atoms with Gasteiger partial charge in [-0.2, -0.15) is 4.98 Å². The summed E-state index contributed by atoms with van der Waals surface area (Å²) in [5, 5.41) is 0.548. The average Bonchev–Trinajstić information content (AvgIpc) is 2.37. The third-order valence-corrected chi connectivity index (χ3v) is 3.93. The third-order valence-electron chi connectivity index (χ3n) is 3.46. The van der Waals surface area contributed by atoms with Crippen LogP contribution in [0.4, 0.5) is 0 Å². The number of H-pyrrole nitrogens is 1. The molecule has 0 saturated carbocycles. The summed E-state index contributed by atoms with van der Waals surface area (Å²) in [6.45, 7) is 3.83. The van der Waals surface area contributed by atoms with Crippen molar-refractivity contribution in [2.24, 2.45) is 7.05 Å². The average molecular weight is 291 g/mol. The topological polar surface area (TPSA) is 80.6 Å². The number of rotatable bonds is 0. The molecule has 6 nitrogen and oxygen atoms in total. The summed E-state index contributed by atoms with van der Waals surface area (Å²) in [7, 11) is 1.71. The number of benzene rings is 1. The summed E-state index contributed by atoms with van der Waals surface area (Å²) in [5.41, 5.74) is 2.05. The summed E-state index contributed by atoms with van der Waals surface area (Å²) in [5.74, 6) is 0.219. The van der Waals surface area contributed by atoms with Crippen molar-refractivity contribution in [2.75, 3.05) is 0 Å². The standard InChI is InChI=1S/C13H11ClN4O2/c1-5-4-7-10(8(14)6(5)2)18(3)11-9(15-7)12(19)17-13(20)16-11/h4H,1-3H3,(H,17,19,20). The van der Waals surface area contributed by atoms with E-state index in [1.807, 2.05) is 19.9 Å². The summed E-state index contributed by atoms with van der Waals surface area (Å²) >= 11 is 6.36. The molecule has 20 heavy (non-hydrogen) atoms. The molecule has 0 aliphatic carbocycles. The molecule has 7 heteroatoms. The summed E-state index contributed by atoms with van der Waals surface area (Å²) in [6, 6.07) is 1.86. The lowest BCUT2D eigenvalue weighted by Crippen LogP contribution is -2.28. The predicted octanol–water partition coefficient (Wildman–Crippen LogP) is 1.39. The molecule has 0 bridgehead atoms. The molecule has 0 saturated heterocycles. The van der Waals surface area contributed by atoms with Crippen LogP contribution in [0.5, 0.6) is 0 Å². The minimum absolute atomic E-state index is 0.124. The number of aromatic amines is 1. The number of nitrogens with zero attached hydrogens (tertiary/aromatic N) is 3. The van der Waals surface area contributed by atoms with Gasteiger partial charge in [0.2, 0.25) is 0 Å². The zero-order valence-electron chi connectivity index (χ0n) is 11.1. The van der Waals surface area contributed by atoms with Crippen LogP contribution < -0.4 is 11.2 Å². The van der Waals surface area contributed by atoms with E-state index in [-0.39, 0.29) is 11.5 Å². The summed E-state index contributed by atoms with van der Waals surface area (Å²) in [6.07, 6.45) is 0. The molecule has 0 fully saturated rings. The lowest BCUT2D eigenvalue weighted by molar-refractivity contribution is 0.870. The smallest absolute Gasteiger partial charge is 0.324 e. The van der Waals surface area contributed by atoms with E-state index in [0.29, 0.717) is 16.1 Å². The molecular formula is C13H11ClN4O2. The third kappa shape index (κ3) is 1.65. The van der Waals surface area contributed by atoms with Crippen molar-refractivity contribution in [1.29, 1.82) is 0 Å². The van der Waals surface area contributed by atoms with Gasteiger partial charge in [0.05, 0.1) is 16.1 Å². The first-order valence-electron chi connectivity index (χ1n) is 5.96. The molecule has 2 aliphatic heterocycles. The van der Waals surface area contributed by atoms with Crippen LogP contribution in [-0.2, 0) is 7.05 Å². The highest BCUT2D eigenvalue weighted by Gasteiger charge is 2.19. The number of hydrogen-bond acceptors (Lipinski definition) is 4. The van der Waals surface area contributed by atoms with Gasteiger partial charge < -0.3 is 4.57 Å². The first-order chi connectivity index (χ1) is 9.40. The fourth-order valence-electron chi connectivity index (χ4n) is 2.25. The Kier molecular flexibility index (Phi) is 2.65. The van der Waals surface area contributed by atoms with Crippen molar-refractivity contribution in [1.82, 2.24) is 19.5 Å². The minimum atomic E-state index is -0.695. The molecular weight excluding hydrogens is 280 g/mol. The molecule has 0 radical (unpaired) electrons. The number of aromatic nitrogens is 4. The molecule has 1 aromatic carbocycles. The number of halogens is 1. The second kappa shape index (κ2) is 4.14. The first kappa shape index (κ1) is 12.8. The monoisotopic (exact) mass is 290 g/mol. The Bertz CT molecular complexity index is 942. The van der Waals surface area contributed by atoms with Crippen molar-refractivity contribution in [3.05, 3.63) is 43.1 Å². The fraction of sp³-hybridized carbons (Fsp3) is 0.231. The first-order valence-corrected chi connectivity index (χ1v) is 6.34. The maximum atomic E-state index is 11.8. The SMILES string of the molecule is Cc1cc2nc3c(=O)[nH]c(=O)nc-3n(C)c2c(Cl)c1C. The van der Waals surface area contributed by atoms with E-state index >= 15 is 0 Å². The molecule has 102 valence electrons. The lowest BCUT2D eigenvalue weighted by atomic mass is 10.1. The molecule has 0 atom stereocenters. The number of fused-ring (bicyclic) bond motifs is 2. The van der Waals surface area contributed by atoms with Crippen LogP contribution >= 0.6 is 11.6 Å². The highest BCUT2D eigenvalue weighted by Crippen LogP contribution is 2.30. The molecule has 0 aromatic heterocycles. The highest BCUT2D eigenvalue weighted by molar-refractivity contribution is 6.36. The van der Waals surface area contributed by atoms with Crippen LogP contribution in [0.15, 0.2) is 15.7 Å². The largest absolute Gasteiger partial charge is 0.349 e. The predicted molar refractivity (Wildman–Crippen MR) is 76.5 cm³/mol. The highest BCUT2D eigenvalue weighted by atomic mass is 35.5. The van der Waals surface area contributed by atoms with Crippen LogP contribution in [0.3, 0.4) is 0 Å². The van der Waals surface area contributed by atoms with E-state index in [4.69, 9.17) is 11.6 Å². The Balaban J connectivity index is 2.66. The van der Waals surface area contributed by atoms with Gasteiger partial charge >= 0.3 is 5.69 Å². The number of hydrogen-bond donors (Lipinski definition) is 1. The van der Waals surface area contributed by atoms with Crippen LogP contribution in [-0.4, -0.2) is 19.5 Å². The Morgan fingerprint density at radius 1 is 1.25 bits per heavy atom. The molecule has 0 unspecified atom stereocenters. The molecule has 3 rings (SSSR count). The quantitative estimate of drug-likeness (QED) is 0.635. The molecule has 2 aliphatic rings. The van der Waals surface area contributed by atoms with Gasteiger partial charge in [0.15, 0.2) is 11.5 Å². The molecule has 0 amide bonds. The van der Waals surface area contributed by atoms with Gasteiger partial charge in [-0.25, -0.2) is 9.78 Å². The van der Waals surface area contributed by atoms with Crippen molar-refractivity contribution >= 4 is 22.6 Å². The normalized spacial score (nSPS) is 11.4. The van der Waals surface area contributed by atoms with Crippen molar-refractivity contribution in [3.63, 3.8) is 0 Å². The minimum Gasteiger partial charge on any atom is -0.324 e. The van der Waals surface area contributed by atoms with Gasteiger partial charge in [-0.15, -0.1) is 0 Å². The van der Waals surface area contributed by atoms with Crippen LogP contribution in [0.25, 0.3) is 22.6 Å². The summed E-state index contributed by atoms with van der Waals surface area (Å²) in [4.78, 5) is 33.4. The number of nitrogens with one attached hydrogen (secondary N) is 1. The second-order valence-corrected chi connectivity index (χ2v) is 5.09. The zero-order chi connectivity index (χ0) is 14.6. The van der Waals surface area contributed by atoms with Gasteiger partial charge in [0.25, 0.3) is 5.56 Å². The van der Waals surface area contributed by atoms with Crippen molar-refractivity contribution < 1.29 is 0 Å². The lowest BCUT2D eigenvalue weighted by Gasteiger charge is -2.15. The Morgan fingerprint density at radius 3 is 2.65 bits per heavy atom. The van der Waals surface area contributed by atoms with Crippen molar-refractivity contribution in [2.45, 2.75) is 13.8 Å². The molecule has 1 N–H and O–H groups in total. The van der Waals surface area contributed by atoms with E-state index in [9.17, 15) is 9.59 Å². The van der Waals surface area contributed by atoms with Gasteiger partial charge in [-0.3, -0.25) is 9.78 Å². The number of aryl methyl sites for hydroxylation is 2. The zero-order valence-corrected chi connectivity index (χ0v) is 11.9. The van der Waals surface area contributed by atoms with Gasteiger partial charge in [-0.1, -0.05) is 11.6 Å². The summed E-state index contributed by atoms with van der Waals surface area (Å²) < 4.78 is 1.63. The second-order valence-electron chi connectivity index (χ2n) is 4.71. The maximum Gasteiger partial charge on any atom is 0.349 e. The van der Waals surface area contributed by atoms with E-state index < -0.39 is 11.2 Å². The molecule has 2 heterocycles. The van der Waals surface area contributed by atoms with Gasteiger partial charge in [0, 0.05) is 7.05 Å². The van der Waals surface area contributed by atoms with E-state index in [0.717, 1.165) is 11.1 Å². The van der Waals surface area contributed by atoms with Crippen LogP contribution in [0.1, 0.15) is 11.1 Å². The molecule has 1 aromatic rings. The molecule has 0 spiro atoms. The Hall–Kier alpha value is -2.21. The van der Waals surface area contributed by atoms with E-state index in [2.05, 4.69) is 15.0 Å². The fourth-order valence-corrected chi connectivity index (χ4v) is 2.62. The van der Waals surface area contributed by atoms with Crippen LogP contribution in [0, 0.1) is 13.8 Å².